The number of anilines is 1. The van der Waals surface area contributed by atoms with Gasteiger partial charge in [0.05, 0.1) is 6.61 Å². The highest BCUT2D eigenvalue weighted by Crippen LogP contribution is 2.28. The van der Waals surface area contributed by atoms with Crippen molar-refractivity contribution in [3.05, 3.63) is 41.7 Å². The fraction of sp³-hybridized carbons (Fsp3) is 0.500. The maximum Gasteiger partial charge on any atom is 0.289 e. The average Bonchev–Trinajstić information content (AvgIpc) is 2.72. The van der Waals surface area contributed by atoms with Crippen LogP contribution in [0.2, 0.25) is 0 Å². The number of carbonyl (C=O) groups is 1. The normalized spacial score (nSPS) is 21.5. The summed E-state index contributed by atoms with van der Waals surface area (Å²) < 4.78 is 5.60. The van der Waals surface area contributed by atoms with E-state index in [9.17, 15) is 4.79 Å². The van der Waals surface area contributed by atoms with E-state index >= 15 is 0 Å². The maximum absolute atomic E-state index is 12.9. The van der Waals surface area contributed by atoms with E-state index in [4.69, 9.17) is 4.74 Å². The molecule has 0 fully saturated rings. The monoisotopic (exact) mass is 300 g/mol. The standard InChI is InChI=1S/C18H24N2O2/c1-3-15-13-19(2)16-9-5-4-8-14(16)12-20(15)18(21)17-10-6-7-11-22-17/h4-5,8-10,15H,3,6-7,11-13H2,1-2H3. The van der Waals surface area contributed by atoms with Gasteiger partial charge in [0.1, 0.15) is 0 Å². The summed E-state index contributed by atoms with van der Waals surface area (Å²) in [6.07, 6.45) is 4.82. The first-order valence-electron chi connectivity index (χ1n) is 8.13. The summed E-state index contributed by atoms with van der Waals surface area (Å²) in [6.45, 7) is 4.30. The SMILES string of the molecule is CCC1CN(C)c2ccccc2CN1C(=O)C1=CCCCO1. The van der Waals surface area contributed by atoms with Crippen LogP contribution in [0, 0.1) is 0 Å². The summed E-state index contributed by atoms with van der Waals surface area (Å²) in [5, 5.41) is 0. The quantitative estimate of drug-likeness (QED) is 0.842. The first-order valence-corrected chi connectivity index (χ1v) is 8.13. The third-order valence-electron chi connectivity index (χ3n) is 4.55. The molecule has 2 heterocycles. The molecule has 1 amide bonds. The van der Waals surface area contributed by atoms with E-state index in [0.717, 1.165) is 25.8 Å². The molecule has 1 aromatic rings. The molecule has 1 aromatic carbocycles. The number of hydrogen-bond donors (Lipinski definition) is 0. The van der Waals surface area contributed by atoms with Crippen LogP contribution in [0.5, 0.6) is 0 Å². The van der Waals surface area contributed by atoms with Crippen LogP contribution in [0.3, 0.4) is 0 Å². The van der Waals surface area contributed by atoms with Crippen molar-refractivity contribution in [2.45, 2.75) is 38.8 Å². The van der Waals surface area contributed by atoms with Gasteiger partial charge in [-0.25, -0.2) is 0 Å². The van der Waals surface area contributed by atoms with Gasteiger partial charge in [-0.1, -0.05) is 25.1 Å². The van der Waals surface area contributed by atoms with Gasteiger partial charge >= 0.3 is 0 Å². The Kier molecular flexibility index (Phi) is 4.36. The summed E-state index contributed by atoms with van der Waals surface area (Å²) in [5.74, 6) is 0.573. The van der Waals surface area contributed by atoms with E-state index in [1.807, 2.05) is 17.0 Å². The number of amides is 1. The molecule has 0 saturated heterocycles. The minimum atomic E-state index is 0.0386. The second kappa shape index (κ2) is 6.42. The van der Waals surface area contributed by atoms with Crippen molar-refractivity contribution in [1.82, 2.24) is 4.90 Å². The van der Waals surface area contributed by atoms with E-state index in [2.05, 4.69) is 37.1 Å². The molecule has 0 bridgehead atoms. The number of hydrogen-bond acceptors (Lipinski definition) is 3. The lowest BCUT2D eigenvalue weighted by Crippen LogP contribution is -2.44. The lowest BCUT2D eigenvalue weighted by atomic mass is 10.1. The molecule has 2 aliphatic heterocycles. The van der Waals surface area contributed by atoms with Crippen LogP contribution in [-0.2, 0) is 16.1 Å². The molecule has 1 atom stereocenters. The fourth-order valence-electron chi connectivity index (χ4n) is 3.28. The molecule has 2 aliphatic rings. The van der Waals surface area contributed by atoms with E-state index in [0.29, 0.717) is 18.9 Å². The Morgan fingerprint density at radius 3 is 2.91 bits per heavy atom. The molecular weight excluding hydrogens is 276 g/mol. The lowest BCUT2D eigenvalue weighted by molar-refractivity contribution is -0.134. The van der Waals surface area contributed by atoms with Crippen molar-refractivity contribution >= 4 is 11.6 Å². The van der Waals surface area contributed by atoms with E-state index in [1.165, 1.54) is 11.3 Å². The van der Waals surface area contributed by atoms with Crippen molar-refractivity contribution in [3.8, 4) is 0 Å². The van der Waals surface area contributed by atoms with Crippen molar-refractivity contribution in [3.63, 3.8) is 0 Å². The molecule has 0 aromatic heterocycles. The Bertz CT molecular complexity index is 582. The zero-order chi connectivity index (χ0) is 15.5. The van der Waals surface area contributed by atoms with Gasteiger partial charge in [0.15, 0.2) is 5.76 Å². The molecule has 0 aliphatic carbocycles. The summed E-state index contributed by atoms with van der Waals surface area (Å²) in [4.78, 5) is 17.1. The summed E-state index contributed by atoms with van der Waals surface area (Å²) in [6, 6.07) is 8.54. The van der Waals surface area contributed by atoms with Crippen LogP contribution in [0.15, 0.2) is 36.1 Å². The van der Waals surface area contributed by atoms with Crippen molar-refractivity contribution in [2.75, 3.05) is 25.1 Å². The van der Waals surface area contributed by atoms with E-state index in [-0.39, 0.29) is 11.9 Å². The number of nitrogens with zero attached hydrogens (tertiary/aromatic N) is 2. The Balaban J connectivity index is 1.91. The van der Waals surface area contributed by atoms with Crippen molar-refractivity contribution in [2.24, 2.45) is 0 Å². The van der Waals surface area contributed by atoms with Crippen LogP contribution in [0.4, 0.5) is 5.69 Å². The minimum absolute atomic E-state index is 0.0386. The number of benzene rings is 1. The van der Waals surface area contributed by atoms with Gasteiger partial charge in [0, 0.05) is 31.9 Å². The molecular formula is C18H24N2O2. The predicted octanol–water partition coefficient (Wildman–Crippen LogP) is 2.94. The molecule has 0 saturated carbocycles. The number of rotatable bonds is 2. The van der Waals surface area contributed by atoms with Gasteiger partial charge in [-0.3, -0.25) is 4.79 Å². The zero-order valence-corrected chi connectivity index (χ0v) is 13.4. The number of ether oxygens (including phenoxy) is 1. The highest BCUT2D eigenvalue weighted by atomic mass is 16.5. The summed E-state index contributed by atoms with van der Waals surface area (Å²) >= 11 is 0. The van der Waals surface area contributed by atoms with E-state index in [1.54, 1.807) is 0 Å². The summed E-state index contributed by atoms with van der Waals surface area (Å²) in [7, 11) is 2.10. The molecule has 118 valence electrons. The Morgan fingerprint density at radius 2 is 2.18 bits per heavy atom. The van der Waals surface area contributed by atoms with Crippen molar-refractivity contribution in [1.29, 1.82) is 0 Å². The molecule has 3 rings (SSSR count). The number of fused-ring (bicyclic) bond motifs is 1. The summed E-state index contributed by atoms with van der Waals surface area (Å²) in [5.41, 5.74) is 2.42. The van der Waals surface area contributed by atoms with Crippen LogP contribution in [-0.4, -0.2) is 37.0 Å². The van der Waals surface area contributed by atoms with Gasteiger partial charge in [0.2, 0.25) is 0 Å². The molecule has 1 unspecified atom stereocenters. The highest BCUT2D eigenvalue weighted by Gasteiger charge is 2.31. The zero-order valence-electron chi connectivity index (χ0n) is 13.4. The molecule has 4 heteroatoms. The number of carbonyl (C=O) groups excluding carboxylic acids is 1. The Hall–Kier alpha value is -1.97. The van der Waals surface area contributed by atoms with Gasteiger partial charge in [-0.2, -0.15) is 0 Å². The number of allylic oxidation sites excluding steroid dienone is 1. The van der Waals surface area contributed by atoms with Crippen LogP contribution in [0.25, 0.3) is 0 Å². The Morgan fingerprint density at radius 1 is 1.36 bits per heavy atom. The van der Waals surface area contributed by atoms with E-state index < -0.39 is 0 Å². The third kappa shape index (κ3) is 2.82. The third-order valence-corrected chi connectivity index (χ3v) is 4.55. The molecule has 0 radical (unpaired) electrons. The van der Waals surface area contributed by atoms with Crippen LogP contribution < -0.4 is 4.90 Å². The average molecular weight is 300 g/mol. The molecule has 0 spiro atoms. The van der Waals surface area contributed by atoms with Gasteiger partial charge < -0.3 is 14.5 Å². The van der Waals surface area contributed by atoms with Crippen LogP contribution >= 0.6 is 0 Å². The van der Waals surface area contributed by atoms with Gasteiger partial charge in [-0.05, 0) is 37.0 Å². The highest BCUT2D eigenvalue weighted by molar-refractivity contribution is 5.92. The largest absolute Gasteiger partial charge is 0.488 e. The maximum atomic E-state index is 12.9. The number of para-hydroxylation sites is 1. The molecule has 0 N–H and O–H groups in total. The van der Waals surface area contributed by atoms with Crippen LogP contribution in [0.1, 0.15) is 31.7 Å². The molecule has 4 nitrogen and oxygen atoms in total. The Labute approximate surface area is 132 Å². The second-order valence-corrected chi connectivity index (χ2v) is 6.06. The molecule has 22 heavy (non-hydrogen) atoms. The second-order valence-electron chi connectivity index (χ2n) is 6.06. The number of likely N-dealkylation sites (N-methyl/N-ethyl adjacent to an activating group) is 1. The van der Waals surface area contributed by atoms with Gasteiger partial charge in [0.25, 0.3) is 5.91 Å². The van der Waals surface area contributed by atoms with Crippen molar-refractivity contribution < 1.29 is 9.53 Å². The fourth-order valence-corrected chi connectivity index (χ4v) is 3.28. The lowest BCUT2D eigenvalue weighted by Gasteiger charge is -2.31. The first-order chi connectivity index (χ1) is 10.7. The van der Waals surface area contributed by atoms with Gasteiger partial charge in [-0.15, -0.1) is 0 Å². The first kappa shape index (κ1) is 14.9. The smallest absolute Gasteiger partial charge is 0.289 e. The topological polar surface area (TPSA) is 32.8 Å². The minimum Gasteiger partial charge on any atom is -0.488 e. The predicted molar refractivity (Wildman–Crippen MR) is 87.6 cm³/mol.